The van der Waals surface area contributed by atoms with Gasteiger partial charge in [0.25, 0.3) is 0 Å². The van der Waals surface area contributed by atoms with E-state index in [4.69, 9.17) is 18.6 Å². The number of hydrogen-bond acceptors (Lipinski definition) is 1. The van der Waals surface area contributed by atoms with Gasteiger partial charge in [-0.3, -0.25) is 0 Å². The van der Waals surface area contributed by atoms with Gasteiger partial charge in [0.05, 0.1) is 0 Å². The molecule has 0 aliphatic carbocycles. The predicted molar refractivity (Wildman–Crippen MR) is 55.1 cm³/mol. The minimum Gasteiger partial charge on any atom is -0.379 e. The van der Waals surface area contributed by atoms with Crippen molar-refractivity contribution in [1.82, 2.24) is 5.32 Å². The zero-order valence-electron chi connectivity index (χ0n) is 6.79. The molecule has 0 saturated heterocycles. The number of hydrogen-bond donors (Lipinski definition) is 1. The molecule has 60 valence electrons. The van der Waals surface area contributed by atoms with E-state index in [-0.39, 0.29) is 0 Å². The molecule has 0 amide bonds. The summed E-state index contributed by atoms with van der Waals surface area (Å²) in [6.45, 7) is 0. The van der Waals surface area contributed by atoms with E-state index < -0.39 is 0 Å². The fourth-order valence-electron chi connectivity index (χ4n) is 0.862. The smallest absolute Gasteiger partial charge is 0.106 e. The highest BCUT2D eigenvalue weighted by Crippen LogP contribution is 2.03. The second-order valence-electron chi connectivity index (χ2n) is 2.30. The van der Waals surface area contributed by atoms with Gasteiger partial charge in [-0.1, -0.05) is 30.3 Å². The highest BCUT2D eigenvalue weighted by molar-refractivity contribution is 7.80. The third-order valence-electron chi connectivity index (χ3n) is 1.54. The van der Waals surface area contributed by atoms with Crippen LogP contribution in [0.1, 0.15) is 11.1 Å². The summed E-state index contributed by atoms with van der Waals surface area (Å²) in [5, 5.41) is 2.90. The Balaban J connectivity index is 2.94. The Labute approximate surface area is 77.8 Å². The van der Waals surface area contributed by atoms with Crippen LogP contribution in [-0.2, 0) is 0 Å². The molecule has 0 aliphatic heterocycles. The van der Waals surface area contributed by atoms with Crippen molar-refractivity contribution in [2.24, 2.45) is 0 Å². The molecular weight excluding hydrogens is 166 g/mol. The van der Waals surface area contributed by atoms with Crippen molar-refractivity contribution in [3.05, 3.63) is 35.4 Å². The van der Waals surface area contributed by atoms with Crippen molar-refractivity contribution in [3.63, 3.8) is 0 Å². The van der Waals surface area contributed by atoms with E-state index in [1.54, 1.807) is 7.05 Å². The Hall–Kier alpha value is -1.33. The van der Waals surface area contributed by atoms with Crippen molar-refractivity contribution in [3.8, 4) is 12.3 Å². The van der Waals surface area contributed by atoms with E-state index in [1.165, 1.54) is 0 Å². The standard InChI is InChI=1S/C10H9NS/c1-3-8-4-6-9(7-5-8)10(12)11-2/h1,4-7H,2H3,(H,11,12). The number of benzene rings is 1. The maximum Gasteiger partial charge on any atom is 0.106 e. The molecule has 0 saturated carbocycles. The summed E-state index contributed by atoms with van der Waals surface area (Å²) in [7, 11) is 1.80. The van der Waals surface area contributed by atoms with Crippen molar-refractivity contribution in [2.45, 2.75) is 0 Å². The van der Waals surface area contributed by atoms with Gasteiger partial charge in [0.15, 0.2) is 0 Å². The molecule has 1 N–H and O–H groups in total. The second-order valence-corrected chi connectivity index (χ2v) is 2.71. The summed E-state index contributed by atoms with van der Waals surface area (Å²) in [6.07, 6.45) is 5.21. The predicted octanol–water partition coefficient (Wildman–Crippen LogP) is 1.56. The van der Waals surface area contributed by atoms with Crippen LogP contribution in [0.15, 0.2) is 24.3 Å². The first-order chi connectivity index (χ1) is 5.77. The molecule has 0 fully saturated rings. The molecule has 0 heterocycles. The average Bonchev–Trinajstić information content (AvgIpc) is 2.17. The lowest BCUT2D eigenvalue weighted by atomic mass is 10.1. The molecule has 1 aromatic carbocycles. The van der Waals surface area contributed by atoms with Gasteiger partial charge < -0.3 is 5.32 Å². The second kappa shape index (κ2) is 3.89. The van der Waals surface area contributed by atoms with Gasteiger partial charge in [-0.2, -0.15) is 0 Å². The third-order valence-corrected chi connectivity index (χ3v) is 1.98. The SMILES string of the molecule is C#Cc1ccc(C(=S)NC)cc1. The maximum absolute atomic E-state index is 5.21. The Morgan fingerprint density at radius 3 is 2.42 bits per heavy atom. The van der Waals surface area contributed by atoms with E-state index in [1.807, 2.05) is 24.3 Å². The topological polar surface area (TPSA) is 12.0 Å². The molecule has 1 aromatic rings. The fourth-order valence-corrected chi connectivity index (χ4v) is 0.998. The van der Waals surface area contributed by atoms with Crippen LogP contribution in [0, 0.1) is 12.3 Å². The van der Waals surface area contributed by atoms with E-state index in [0.29, 0.717) is 0 Å². The molecule has 0 bridgehead atoms. The summed E-state index contributed by atoms with van der Waals surface area (Å²) >= 11 is 5.04. The quantitative estimate of drug-likeness (QED) is 0.513. The molecule has 0 atom stereocenters. The van der Waals surface area contributed by atoms with E-state index in [0.717, 1.165) is 16.1 Å². The van der Waals surface area contributed by atoms with Crippen LogP contribution < -0.4 is 5.32 Å². The Bertz CT molecular complexity index is 319. The Kier molecular flexibility index (Phi) is 2.84. The van der Waals surface area contributed by atoms with Crippen LogP contribution in [0.25, 0.3) is 0 Å². The van der Waals surface area contributed by atoms with Crippen LogP contribution in [0.2, 0.25) is 0 Å². The molecule has 0 unspecified atom stereocenters. The molecular formula is C10H9NS. The van der Waals surface area contributed by atoms with Crippen LogP contribution in [0.4, 0.5) is 0 Å². The lowest BCUT2D eigenvalue weighted by Gasteiger charge is -2.01. The van der Waals surface area contributed by atoms with Gasteiger partial charge >= 0.3 is 0 Å². The van der Waals surface area contributed by atoms with Gasteiger partial charge in [-0.15, -0.1) is 6.42 Å². The summed E-state index contributed by atoms with van der Waals surface area (Å²) in [6, 6.07) is 7.57. The van der Waals surface area contributed by atoms with Gasteiger partial charge in [0.1, 0.15) is 4.99 Å². The zero-order chi connectivity index (χ0) is 8.97. The first-order valence-electron chi connectivity index (χ1n) is 3.56. The molecule has 0 aliphatic rings. The summed E-state index contributed by atoms with van der Waals surface area (Å²) < 4.78 is 0. The first-order valence-corrected chi connectivity index (χ1v) is 3.97. The minimum atomic E-state index is 0.735. The average molecular weight is 175 g/mol. The Morgan fingerprint density at radius 2 is 2.00 bits per heavy atom. The van der Waals surface area contributed by atoms with Gasteiger partial charge in [-0.25, -0.2) is 0 Å². The third kappa shape index (κ3) is 1.84. The molecule has 0 radical (unpaired) electrons. The van der Waals surface area contributed by atoms with Crippen LogP contribution in [0.3, 0.4) is 0 Å². The fraction of sp³-hybridized carbons (Fsp3) is 0.100. The molecule has 0 aromatic heterocycles. The zero-order valence-corrected chi connectivity index (χ0v) is 7.61. The first kappa shape index (κ1) is 8.76. The number of terminal acetylenes is 1. The normalized spacial score (nSPS) is 8.67. The van der Waals surface area contributed by atoms with Gasteiger partial charge in [0.2, 0.25) is 0 Å². The summed E-state index contributed by atoms with van der Waals surface area (Å²) in [5.74, 6) is 2.55. The molecule has 1 rings (SSSR count). The highest BCUT2D eigenvalue weighted by Gasteiger charge is 1.96. The number of nitrogens with one attached hydrogen (secondary N) is 1. The monoisotopic (exact) mass is 175 g/mol. The van der Waals surface area contributed by atoms with E-state index >= 15 is 0 Å². The molecule has 2 heteroatoms. The van der Waals surface area contributed by atoms with Crippen molar-refractivity contribution in [1.29, 1.82) is 0 Å². The maximum atomic E-state index is 5.21. The van der Waals surface area contributed by atoms with Gasteiger partial charge in [-0.05, 0) is 12.1 Å². The van der Waals surface area contributed by atoms with Crippen LogP contribution in [0.5, 0.6) is 0 Å². The summed E-state index contributed by atoms with van der Waals surface area (Å²) in [4.78, 5) is 0.735. The minimum absolute atomic E-state index is 0.735. The van der Waals surface area contributed by atoms with Crippen molar-refractivity contribution < 1.29 is 0 Å². The van der Waals surface area contributed by atoms with Crippen molar-refractivity contribution in [2.75, 3.05) is 7.05 Å². The molecule has 0 spiro atoms. The largest absolute Gasteiger partial charge is 0.379 e. The van der Waals surface area contributed by atoms with Gasteiger partial charge in [0, 0.05) is 18.2 Å². The van der Waals surface area contributed by atoms with E-state index in [2.05, 4.69) is 11.2 Å². The van der Waals surface area contributed by atoms with Crippen molar-refractivity contribution >= 4 is 17.2 Å². The van der Waals surface area contributed by atoms with Crippen LogP contribution >= 0.6 is 12.2 Å². The Morgan fingerprint density at radius 1 is 1.42 bits per heavy atom. The lowest BCUT2D eigenvalue weighted by molar-refractivity contribution is 1.20. The molecule has 1 nitrogen and oxygen atoms in total. The highest BCUT2D eigenvalue weighted by atomic mass is 32.1. The summed E-state index contributed by atoms with van der Waals surface area (Å²) in [5.41, 5.74) is 1.86. The lowest BCUT2D eigenvalue weighted by Crippen LogP contribution is -2.16. The number of thiocarbonyl (C=S) groups is 1. The number of rotatable bonds is 1. The van der Waals surface area contributed by atoms with Crippen LogP contribution in [-0.4, -0.2) is 12.0 Å². The van der Waals surface area contributed by atoms with E-state index in [9.17, 15) is 0 Å². The molecule has 12 heavy (non-hydrogen) atoms.